The second kappa shape index (κ2) is 3.10. The van der Waals surface area contributed by atoms with Crippen LogP contribution in [0.1, 0.15) is 5.01 Å². The van der Waals surface area contributed by atoms with Gasteiger partial charge in [-0.15, -0.1) is 11.3 Å². The van der Waals surface area contributed by atoms with Gasteiger partial charge in [-0.05, 0) is 6.92 Å². The molecular weight excluding hydrogens is 184 g/mol. The number of rotatable bonds is 1. The number of thiazole rings is 1. The van der Waals surface area contributed by atoms with E-state index >= 15 is 0 Å². The van der Waals surface area contributed by atoms with Crippen molar-refractivity contribution in [3.8, 4) is 11.4 Å². The van der Waals surface area contributed by atoms with Gasteiger partial charge in [0.05, 0.1) is 17.4 Å². The number of hydrogen-bond acceptors (Lipinski definition) is 5. The van der Waals surface area contributed by atoms with E-state index in [1.54, 1.807) is 17.5 Å². The van der Waals surface area contributed by atoms with Crippen molar-refractivity contribution in [2.45, 2.75) is 6.92 Å². The predicted octanol–water partition coefficient (Wildman–Crippen LogP) is 1.49. The van der Waals surface area contributed by atoms with Gasteiger partial charge in [0.25, 0.3) is 0 Å². The van der Waals surface area contributed by atoms with Crippen LogP contribution in [-0.4, -0.2) is 15.0 Å². The van der Waals surface area contributed by atoms with Crippen LogP contribution in [0.4, 0.5) is 5.82 Å². The van der Waals surface area contributed by atoms with Gasteiger partial charge in [-0.25, -0.2) is 15.0 Å². The first-order valence-electron chi connectivity index (χ1n) is 3.76. The summed E-state index contributed by atoms with van der Waals surface area (Å²) in [6, 6.07) is 0. The fourth-order valence-electron chi connectivity index (χ4n) is 0.951. The van der Waals surface area contributed by atoms with Crippen molar-refractivity contribution in [2.75, 3.05) is 5.73 Å². The molecule has 0 saturated carbocycles. The molecule has 5 heteroatoms. The van der Waals surface area contributed by atoms with Crippen LogP contribution in [0.25, 0.3) is 11.4 Å². The topological polar surface area (TPSA) is 64.7 Å². The summed E-state index contributed by atoms with van der Waals surface area (Å²) in [5.41, 5.74) is 7.04. The lowest BCUT2D eigenvalue weighted by molar-refractivity contribution is 1.18. The lowest BCUT2D eigenvalue weighted by Crippen LogP contribution is -1.92. The Bertz CT molecular complexity index is 406. The molecule has 0 bridgehead atoms. The first-order valence-corrected chi connectivity index (χ1v) is 4.64. The third-order valence-electron chi connectivity index (χ3n) is 1.55. The number of nitrogens with two attached hydrogens (primary N) is 1. The Labute approximate surface area is 79.5 Å². The van der Waals surface area contributed by atoms with Gasteiger partial charge in [0.2, 0.25) is 0 Å². The van der Waals surface area contributed by atoms with Gasteiger partial charge in [-0.2, -0.15) is 0 Å². The van der Waals surface area contributed by atoms with Crippen LogP contribution in [-0.2, 0) is 0 Å². The van der Waals surface area contributed by atoms with E-state index in [4.69, 9.17) is 5.73 Å². The van der Waals surface area contributed by atoms with Crippen LogP contribution >= 0.6 is 11.3 Å². The maximum Gasteiger partial charge on any atom is 0.141 e. The molecule has 13 heavy (non-hydrogen) atoms. The monoisotopic (exact) mass is 192 g/mol. The summed E-state index contributed by atoms with van der Waals surface area (Å²) in [5.74, 6) is 0.427. The fraction of sp³-hybridized carbons (Fsp3) is 0.125. The molecule has 0 fully saturated rings. The highest BCUT2D eigenvalue weighted by Crippen LogP contribution is 2.18. The van der Waals surface area contributed by atoms with Crippen LogP contribution in [0.15, 0.2) is 17.8 Å². The largest absolute Gasteiger partial charge is 0.382 e. The van der Waals surface area contributed by atoms with Gasteiger partial charge < -0.3 is 5.73 Å². The normalized spacial score (nSPS) is 10.2. The van der Waals surface area contributed by atoms with E-state index in [9.17, 15) is 0 Å². The van der Waals surface area contributed by atoms with Crippen molar-refractivity contribution in [1.82, 2.24) is 15.0 Å². The quantitative estimate of drug-likeness (QED) is 0.743. The highest BCUT2D eigenvalue weighted by molar-refractivity contribution is 7.09. The van der Waals surface area contributed by atoms with E-state index in [1.165, 1.54) is 6.20 Å². The molecule has 2 heterocycles. The van der Waals surface area contributed by atoms with Gasteiger partial charge >= 0.3 is 0 Å². The molecule has 4 nitrogen and oxygen atoms in total. The third-order valence-corrected chi connectivity index (χ3v) is 2.33. The summed E-state index contributed by atoms with van der Waals surface area (Å²) < 4.78 is 0. The molecule has 2 aromatic heterocycles. The first-order chi connectivity index (χ1) is 6.25. The third kappa shape index (κ3) is 1.65. The minimum absolute atomic E-state index is 0.427. The molecule has 66 valence electrons. The average Bonchev–Trinajstić information content (AvgIpc) is 2.53. The molecule has 0 amide bonds. The molecule has 0 radical (unpaired) electrons. The summed E-state index contributed by atoms with van der Waals surface area (Å²) in [6.45, 7) is 1.96. The molecule has 0 aromatic carbocycles. The molecular formula is C8H8N4S. The highest BCUT2D eigenvalue weighted by atomic mass is 32.1. The number of nitrogen functional groups attached to an aromatic ring is 1. The van der Waals surface area contributed by atoms with Crippen LogP contribution in [0.5, 0.6) is 0 Å². The second-order valence-corrected chi connectivity index (χ2v) is 3.64. The molecule has 0 aliphatic heterocycles. The Morgan fingerprint density at radius 3 is 2.62 bits per heavy atom. The highest BCUT2D eigenvalue weighted by Gasteiger charge is 2.02. The lowest BCUT2D eigenvalue weighted by atomic mass is 10.3. The zero-order valence-electron chi connectivity index (χ0n) is 7.06. The molecule has 2 rings (SSSR count). The molecule has 0 unspecified atom stereocenters. The van der Waals surface area contributed by atoms with Crippen LogP contribution in [0.3, 0.4) is 0 Å². The van der Waals surface area contributed by atoms with E-state index in [1.807, 2.05) is 12.3 Å². The lowest BCUT2D eigenvalue weighted by Gasteiger charge is -1.94. The van der Waals surface area contributed by atoms with Gasteiger partial charge in [-0.1, -0.05) is 0 Å². The zero-order chi connectivity index (χ0) is 9.26. The van der Waals surface area contributed by atoms with Crippen molar-refractivity contribution < 1.29 is 0 Å². The average molecular weight is 192 g/mol. The number of aromatic nitrogens is 3. The predicted molar refractivity (Wildman–Crippen MR) is 52.3 cm³/mol. The van der Waals surface area contributed by atoms with Crippen molar-refractivity contribution in [3.05, 3.63) is 22.8 Å². The molecule has 2 aromatic rings. The van der Waals surface area contributed by atoms with Crippen molar-refractivity contribution in [1.29, 1.82) is 0 Å². The summed E-state index contributed by atoms with van der Waals surface area (Å²) in [6.07, 6.45) is 3.16. The van der Waals surface area contributed by atoms with Gasteiger partial charge in [0, 0.05) is 5.38 Å². The minimum Gasteiger partial charge on any atom is -0.382 e. The number of aryl methyl sites for hydroxylation is 1. The summed E-state index contributed by atoms with van der Waals surface area (Å²) in [4.78, 5) is 12.3. The van der Waals surface area contributed by atoms with Gasteiger partial charge in [0.1, 0.15) is 17.2 Å². The first kappa shape index (κ1) is 8.12. The molecule has 0 spiro atoms. The Kier molecular flexibility index (Phi) is 1.94. The van der Waals surface area contributed by atoms with Gasteiger partial charge in [0.15, 0.2) is 0 Å². The van der Waals surface area contributed by atoms with Crippen LogP contribution in [0, 0.1) is 6.92 Å². The molecule has 2 N–H and O–H groups in total. The van der Waals surface area contributed by atoms with E-state index in [2.05, 4.69) is 15.0 Å². The Balaban J connectivity index is 2.41. The molecule has 0 aliphatic carbocycles. The Hall–Kier alpha value is -1.49. The standard InChI is InChI=1S/C8H8N4S/c1-5-12-7(4-13-5)6-2-11-8(9)3-10-6/h2-4H,1H3,(H2,9,11). The van der Waals surface area contributed by atoms with Crippen molar-refractivity contribution in [2.24, 2.45) is 0 Å². The molecule has 0 atom stereocenters. The van der Waals surface area contributed by atoms with Crippen LogP contribution in [0.2, 0.25) is 0 Å². The number of hydrogen-bond donors (Lipinski definition) is 1. The number of anilines is 1. The van der Waals surface area contributed by atoms with E-state index in [0.717, 1.165) is 16.4 Å². The Morgan fingerprint density at radius 1 is 1.23 bits per heavy atom. The second-order valence-electron chi connectivity index (χ2n) is 2.58. The van der Waals surface area contributed by atoms with Crippen LogP contribution < -0.4 is 5.73 Å². The van der Waals surface area contributed by atoms with Crippen molar-refractivity contribution in [3.63, 3.8) is 0 Å². The SMILES string of the molecule is Cc1nc(-c2cnc(N)cn2)cs1. The van der Waals surface area contributed by atoms with Crippen molar-refractivity contribution >= 4 is 17.2 Å². The fourth-order valence-corrected chi connectivity index (χ4v) is 1.56. The maximum absolute atomic E-state index is 5.42. The molecule has 0 saturated heterocycles. The zero-order valence-corrected chi connectivity index (χ0v) is 7.88. The van der Waals surface area contributed by atoms with E-state index in [0.29, 0.717) is 5.82 Å². The smallest absolute Gasteiger partial charge is 0.141 e. The van der Waals surface area contributed by atoms with Gasteiger partial charge in [-0.3, -0.25) is 0 Å². The van der Waals surface area contributed by atoms with E-state index in [-0.39, 0.29) is 0 Å². The molecule has 0 aliphatic rings. The summed E-state index contributed by atoms with van der Waals surface area (Å²) in [5, 5.41) is 2.98. The number of nitrogens with zero attached hydrogens (tertiary/aromatic N) is 3. The maximum atomic E-state index is 5.42. The Morgan fingerprint density at radius 2 is 2.08 bits per heavy atom. The minimum atomic E-state index is 0.427. The summed E-state index contributed by atoms with van der Waals surface area (Å²) in [7, 11) is 0. The van der Waals surface area contributed by atoms with E-state index < -0.39 is 0 Å². The summed E-state index contributed by atoms with van der Waals surface area (Å²) >= 11 is 1.59.